The Hall–Kier alpha value is -3.31. The molecule has 2 aromatic carbocycles. The normalized spacial score (nSPS) is 17.1. The van der Waals surface area contributed by atoms with Crippen molar-refractivity contribution in [2.75, 3.05) is 25.4 Å². The van der Waals surface area contributed by atoms with Gasteiger partial charge in [-0.15, -0.1) is 6.58 Å². The molecule has 0 aliphatic carbocycles. The molecule has 208 valence electrons. The number of hydrogen-bond acceptors (Lipinski definition) is 6. The summed E-state index contributed by atoms with van der Waals surface area (Å²) in [4.78, 5) is 28.7. The third kappa shape index (κ3) is 6.83. The highest BCUT2D eigenvalue weighted by atomic mass is 32.2. The van der Waals surface area contributed by atoms with Crippen LogP contribution < -0.4 is 10.1 Å². The summed E-state index contributed by atoms with van der Waals surface area (Å²) in [6, 6.07) is 8.50. The Morgan fingerprint density at radius 2 is 2.00 bits per heavy atom. The lowest BCUT2D eigenvalue weighted by atomic mass is 9.89. The molecule has 39 heavy (non-hydrogen) atoms. The number of alkyl halides is 3. The first kappa shape index (κ1) is 28.7. The van der Waals surface area contributed by atoms with E-state index in [4.69, 9.17) is 9.84 Å². The molecule has 0 radical (unpaired) electrons. The number of nitrogens with one attached hydrogen (secondary N) is 1. The summed E-state index contributed by atoms with van der Waals surface area (Å²) in [6.07, 6.45) is -0.811. The topological polar surface area (TPSA) is 91.2 Å². The maximum Gasteiger partial charge on any atom is 0.416 e. The zero-order valence-corrected chi connectivity index (χ0v) is 22.3. The lowest BCUT2D eigenvalue weighted by Gasteiger charge is -2.34. The molecule has 1 fully saturated rings. The molecule has 2 aliphatic heterocycles. The molecule has 4 rings (SSSR count). The fraction of sp³-hybridized carbons (Fsp3) is 0.393. The number of aromatic carboxylic acids is 1. The van der Waals surface area contributed by atoms with Crippen LogP contribution in [0.5, 0.6) is 5.75 Å². The Morgan fingerprint density at radius 3 is 2.64 bits per heavy atom. The number of carbonyl (C=O) groups excluding carboxylic acids is 1. The molecule has 2 heterocycles. The van der Waals surface area contributed by atoms with E-state index in [0.717, 1.165) is 35.4 Å². The van der Waals surface area contributed by atoms with Crippen molar-refractivity contribution in [3.63, 3.8) is 0 Å². The standard InChI is InChI=1S/C28H30F3N3O4S/c1-3-4-12-38-23-16-21(15-22(17-23)28(29,30)31)24-32-26(37)27(33-24)8-10-34(11-9-27)39-13-7-19-5-6-20(25(35)36)14-18(19)2/h3,5-6,14-17H,1,4,7-13H2,2H3,(H,35,36)(H,32,33,37). The largest absolute Gasteiger partial charge is 0.493 e. The number of piperidine rings is 1. The van der Waals surface area contributed by atoms with Crippen LogP contribution in [0.2, 0.25) is 0 Å². The fourth-order valence-electron chi connectivity index (χ4n) is 4.61. The van der Waals surface area contributed by atoms with Gasteiger partial charge in [0, 0.05) is 24.4 Å². The number of amidine groups is 1. The average molecular weight is 562 g/mol. The van der Waals surface area contributed by atoms with Crippen molar-refractivity contribution in [2.24, 2.45) is 4.99 Å². The predicted octanol–water partition coefficient (Wildman–Crippen LogP) is 5.27. The fourth-order valence-corrected chi connectivity index (χ4v) is 5.62. The summed E-state index contributed by atoms with van der Waals surface area (Å²) in [7, 11) is 0. The maximum absolute atomic E-state index is 13.5. The summed E-state index contributed by atoms with van der Waals surface area (Å²) in [5.41, 5.74) is 0.561. The van der Waals surface area contributed by atoms with Crippen molar-refractivity contribution in [1.82, 2.24) is 9.62 Å². The predicted molar refractivity (Wildman–Crippen MR) is 144 cm³/mol. The molecule has 0 unspecified atom stereocenters. The van der Waals surface area contributed by atoms with Crippen LogP contribution in [-0.2, 0) is 17.4 Å². The first-order valence-electron chi connectivity index (χ1n) is 12.6. The highest BCUT2D eigenvalue weighted by molar-refractivity contribution is 7.97. The highest BCUT2D eigenvalue weighted by Gasteiger charge is 2.46. The van der Waals surface area contributed by atoms with Crippen LogP contribution in [0.25, 0.3) is 0 Å². The molecular formula is C28H30F3N3O4S. The minimum absolute atomic E-state index is 0.0543. The van der Waals surface area contributed by atoms with E-state index in [2.05, 4.69) is 21.2 Å². The first-order valence-corrected chi connectivity index (χ1v) is 13.5. The molecule has 1 spiro atoms. The van der Waals surface area contributed by atoms with Crippen LogP contribution in [-0.4, -0.2) is 58.1 Å². The van der Waals surface area contributed by atoms with Gasteiger partial charge in [0.15, 0.2) is 0 Å². The molecule has 0 bridgehead atoms. The number of aliphatic imine (C=N–C) groups is 1. The molecule has 1 saturated heterocycles. The Morgan fingerprint density at radius 1 is 1.26 bits per heavy atom. The second-order valence-electron chi connectivity index (χ2n) is 9.57. The molecule has 2 aliphatic rings. The second kappa shape index (κ2) is 11.8. The van der Waals surface area contributed by atoms with Gasteiger partial charge in [-0.25, -0.2) is 4.79 Å². The molecule has 2 N–H and O–H groups in total. The van der Waals surface area contributed by atoms with Crippen molar-refractivity contribution < 1.29 is 32.6 Å². The van der Waals surface area contributed by atoms with E-state index < -0.39 is 23.2 Å². The smallest absolute Gasteiger partial charge is 0.416 e. The number of rotatable bonds is 10. The number of benzene rings is 2. The van der Waals surface area contributed by atoms with Crippen LogP contribution in [0.4, 0.5) is 13.2 Å². The van der Waals surface area contributed by atoms with E-state index in [1.807, 2.05) is 13.0 Å². The van der Waals surface area contributed by atoms with Gasteiger partial charge in [-0.2, -0.15) is 13.2 Å². The molecule has 0 aromatic heterocycles. The van der Waals surface area contributed by atoms with E-state index in [0.29, 0.717) is 32.4 Å². The maximum atomic E-state index is 13.5. The van der Waals surface area contributed by atoms with E-state index in [-0.39, 0.29) is 35.2 Å². The van der Waals surface area contributed by atoms with Gasteiger partial charge < -0.3 is 15.2 Å². The van der Waals surface area contributed by atoms with Gasteiger partial charge in [0.1, 0.15) is 17.1 Å². The molecular weight excluding hydrogens is 531 g/mol. The molecule has 11 heteroatoms. The van der Waals surface area contributed by atoms with E-state index >= 15 is 0 Å². The first-order chi connectivity index (χ1) is 18.5. The van der Waals surface area contributed by atoms with E-state index in [9.17, 15) is 22.8 Å². The van der Waals surface area contributed by atoms with Gasteiger partial charge in [0.25, 0.3) is 5.91 Å². The Balaban J connectivity index is 1.40. The average Bonchev–Trinajstić information content (AvgIpc) is 3.21. The number of carboxylic acids is 1. The van der Waals surface area contributed by atoms with Crippen molar-refractivity contribution in [2.45, 2.75) is 44.3 Å². The van der Waals surface area contributed by atoms with Crippen molar-refractivity contribution >= 4 is 29.7 Å². The van der Waals surface area contributed by atoms with Crippen molar-refractivity contribution in [3.8, 4) is 5.75 Å². The number of hydrogen-bond donors (Lipinski definition) is 2. The summed E-state index contributed by atoms with van der Waals surface area (Å²) < 4.78 is 48.3. The highest BCUT2D eigenvalue weighted by Crippen LogP contribution is 2.36. The molecule has 7 nitrogen and oxygen atoms in total. The number of aryl methyl sites for hydroxylation is 2. The minimum Gasteiger partial charge on any atom is -0.493 e. The molecule has 0 atom stereocenters. The lowest BCUT2D eigenvalue weighted by molar-refractivity contribution is -0.137. The van der Waals surface area contributed by atoms with Crippen molar-refractivity contribution in [1.29, 1.82) is 0 Å². The van der Waals surface area contributed by atoms with Gasteiger partial charge in [0.05, 0.1) is 17.7 Å². The minimum atomic E-state index is -4.58. The van der Waals surface area contributed by atoms with Crippen LogP contribution >= 0.6 is 11.9 Å². The monoisotopic (exact) mass is 561 g/mol. The quantitative estimate of drug-likeness (QED) is 0.233. The lowest BCUT2D eigenvalue weighted by Crippen LogP contribution is -2.47. The third-order valence-electron chi connectivity index (χ3n) is 6.86. The summed E-state index contributed by atoms with van der Waals surface area (Å²) in [5, 5.41) is 11.8. The summed E-state index contributed by atoms with van der Waals surface area (Å²) in [5.74, 6) is -0.282. The molecule has 0 saturated carbocycles. The van der Waals surface area contributed by atoms with Gasteiger partial charge >= 0.3 is 12.1 Å². The van der Waals surface area contributed by atoms with E-state index in [1.165, 1.54) is 6.07 Å². The molecule has 1 amide bonds. The van der Waals surface area contributed by atoms with Crippen molar-refractivity contribution in [3.05, 3.63) is 76.9 Å². The number of amides is 1. The zero-order valence-electron chi connectivity index (χ0n) is 21.5. The van der Waals surface area contributed by atoms with Crippen LogP contribution in [0.1, 0.15) is 51.9 Å². The summed E-state index contributed by atoms with van der Waals surface area (Å²) >= 11 is 1.66. The van der Waals surface area contributed by atoms with Crippen LogP contribution in [0.15, 0.2) is 54.0 Å². The third-order valence-corrected chi connectivity index (χ3v) is 7.98. The Kier molecular flexibility index (Phi) is 8.70. The number of ether oxygens (including phenoxy) is 1. The van der Waals surface area contributed by atoms with Gasteiger partial charge in [-0.3, -0.25) is 14.1 Å². The van der Waals surface area contributed by atoms with Gasteiger partial charge in [0.2, 0.25) is 0 Å². The van der Waals surface area contributed by atoms with E-state index in [1.54, 1.807) is 30.2 Å². The van der Waals surface area contributed by atoms with Crippen LogP contribution in [0.3, 0.4) is 0 Å². The molecule has 2 aromatic rings. The zero-order chi connectivity index (χ0) is 28.2. The van der Waals surface area contributed by atoms with Crippen LogP contribution in [0, 0.1) is 6.92 Å². The number of carbonyl (C=O) groups is 2. The number of nitrogens with zero attached hydrogens (tertiary/aromatic N) is 2. The second-order valence-corrected chi connectivity index (χ2v) is 10.8. The van der Waals surface area contributed by atoms with Gasteiger partial charge in [-0.1, -0.05) is 24.1 Å². The number of halogens is 3. The SMILES string of the molecule is C=CCCOc1cc(C2=NC3(CCN(SCCc4ccc(C(=O)O)cc4C)CC3)C(=O)N2)cc(C(F)(F)F)c1. The number of carboxylic acid groups (broad SMARTS) is 1. The summed E-state index contributed by atoms with van der Waals surface area (Å²) in [6.45, 7) is 6.87. The Labute approximate surface area is 229 Å². The Bertz CT molecular complexity index is 1290. The van der Waals surface area contributed by atoms with Gasteiger partial charge in [-0.05, 0) is 74.1 Å².